The molecule has 0 spiro atoms. The molecule has 0 aromatic carbocycles. The summed E-state index contributed by atoms with van der Waals surface area (Å²) in [4.78, 5) is 21.7. The first-order valence-corrected chi connectivity index (χ1v) is 6.43. The Bertz CT molecular complexity index is 416. The van der Waals surface area contributed by atoms with Gasteiger partial charge in [-0.2, -0.15) is 0 Å². The van der Waals surface area contributed by atoms with Gasteiger partial charge in [0.05, 0.1) is 6.54 Å². The summed E-state index contributed by atoms with van der Waals surface area (Å²) in [5, 5.41) is 11.3. The summed E-state index contributed by atoms with van der Waals surface area (Å²) in [6, 6.07) is 0. The lowest BCUT2D eigenvalue weighted by Gasteiger charge is -2.24. The first kappa shape index (κ1) is 12.8. The molecule has 1 fully saturated rings. The zero-order chi connectivity index (χ0) is 12.6. The van der Waals surface area contributed by atoms with Crippen LogP contribution in [0.3, 0.4) is 0 Å². The lowest BCUT2D eigenvalue weighted by atomic mass is 10.0. The number of carbonyl (C=O) groups is 2. The van der Waals surface area contributed by atoms with Crippen LogP contribution in [-0.4, -0.2) is 49.2 Å². The van der Waals surface area contributed by atoms with Gasteiger partial charge in [0.25, 0.3) is 0 Å². The Kier molecular flexibility index (Phi) is 3.13. The molecule has 0 aromatic heterocycles. The van der Waals surface area contributed by atoms with Crippen LogP contribution in [0.1, 0.15) is 13.3 Å². The van der Waals surface area contributed by atoms with Gasteiger partial charge in [-0.3, -0.25) is 4.79 Å². The van der Waals surface area contributed by atoms with Crippen molar-refractivity contribution < 1.29 is 27.9 Å². The van der Waals surface area contributed by atoms with Crippen LogP contribution in [0.5, 0.6) is 0 Å². The molecule has 1 aliphatic heterocycles. The van der Waals surface area contributed by atoms with Crippen LogP contribution >= 0.6 is 0 Å². The molecule has 2 N–H and O–H groups in total. The van der Waals surface area contributed by atoms with Crippen molar-refractivity contribution in [3.63, 3.8) is 0 Å². The molecule has 1 aliphatic rings. The molecule has 0 aromatic rings. The third kappa shape index (κ3) is 2.26. The number of cyclic esters (lactones) is 1. The Labute approximate surface area is 92.7 Å². The molecule has 1 unspecified atom stereocenters. The van der Waals surface area contributed by atoms with Crippen LogP contribution in [0.2, 0.25) is 0 Å². The summed E-state index contributed by atoms with van der Waals surface area (Å²) in [6.45, 7) is 1.23. The highest BCUT2D eigenvalue weighted by Crippen LogP contribution is 2.25. The molecular formula is C8H13NO6S. The Hall–Kier alpha value is -1.31. The van der Waals surface area contributed by atoms with Crippen molar-refractivity contribution in [3.8, 4) is 0 Å². The van der Waals surface area contributed by atoms with E-state index in [1.807, 2.05) is 0 Å². The van der Waals surface area contributed by atoms with Crippen molar-refractivity contribution in [2.75, 3.05) is 12.8 Å². The number of amides is 1. The van der Waals surface area contributed by atoms with Crippen molar-refractivity contribution in [3.05, 3.63) is 0 Å². The minimum Gasteiger partial charge on any atom is -0.480 e. The van der Waals surface area contributed by atoms with Crippen molar-refractivity contribution in [2.45, 2.75) is 24.2 Å². The maximum Gasteiger partial charge on any atom is 0.407 e. The first-order valence-electron chi connectivity index (χ1n) is 4.54. The number of carboxylic acids is 1. The topological polar surface area (TPSA) is 110 Å². The van der Waals surface area contributed by atoms with Gasteiger partial charge >= 0.3 is 12.1 Å². The van der Waals surface area contributed by atoms with Crippen LogP contribution in [0.4, 0.5) is 4.79 Å². The van der Waals surface area contributed by atoms with Gasteiger partial charge in [0.1, 0.15) is 6.10 Å². The third-order valence-corrected chi connectivity index (χ3v) is 4.61. The SMILES string of the molecule is CC(C[C@H]1CNC(=O)O1)(C(=O)O)S(C)(=O)=O. The Morgan fingerprint density at radius 2 is 2.25 bits per heavy atom. The Morgan fingerprint density at radius 1 is 1.69 bits per heavy atom. The number of hydrogen-bond donors (Lipinski definition) is 2. The van der Waals surface area contributed by atoms with Crippen molar-refractivity contribution in [1.82, 2.24) is 5.32 Å². The van der Waals surface area contributed by atoms with E-state index in [2.05, 4.69) is 5.32 Å². The second-order valence-electron chi connectivity index (χ2n) is 3.92. The van der Waals surface area contributed by atoms with E-state index in [-0.39, 0.29) is 13.0 Å². The van der Waals surface area contributed by atoms with E-state index in [9.17, 15) is 18.0 Å². The summed E-state index contributed by atoms with van der Waals surface area (Å²) in [5.41, 5.74) is 0. The summed E-state index contributed by atoms with van der Waals surface area (Å²) >= 11 is 0. The monoisotopic (exact) mass is 251 g/mol. The second-order valence-corrected chi connectivity index (χ2v) is 6.37. The molecule has 0 saturated carbocycles. The maximum absolute atomic E-state index is 11.4. The van der Waals surface area contributed by atoms with Crippen LogP contribution in [0.15, 0.2) is 0 Å². The van der Waals surface area contributed by atoms with Crippen molar-refractivity contribution in [1.29, 1.82) is 0 Å². The smallest absolute Gasteiger partial charge is 0.407 e. The van der Waals surface area contributed by atoms with Crippen LogP contribution in [0.25, 0.3) is 0 Å². The molecule has 92 valence electrons. The molecule has 1 rings (SSSR count). The van der Waals surface area contributed by atoms with E-state index >= 15 is 0 Å². The van der Waals surface area contributed by atoms with Crippen LogP contribution < -0.4 is 5.32 Å². The summed E-state index contributed by atoms with van der Waals surface area (Å²) in [5.74, 6) is -1.45. The summed E-state index contributed by atoms with van der Waals surface area (Å²) in [7, 11) is -3.79. The number of rotatable bonds is 4. The highest BCUT2D eigenvalue weighted by atomic mass is 32.2. The number of carbonyl (C=O) groups excluding carboxylic acids is 1. The molecule has 7 nitrogen and oxygen atoms in total. The van der Waals surface area contributed by atoms with E-state index in [0.717, 1.165) is 13.2 Å². The molecule has 16 heavy (non-hydrogen) atoms. The van der Waals surface area contributed by atoms with Crippen molar-refractivity contribution >= 4 is 21.9 Å². The lowest BCUT2D eigenvalue weighted by Crippen LogP contribution is -2.46. The number of alkyl carbamates (subject to hydrolysis) is 1. The summed E-state index contributed by atoms with van der Waals surface area (Å²) < 4.78 is 25.6. The molecule has 8 heteroatoms. The number of nitrogens with one attached hydrogen (secondary N) is 1. The average molecular weight is 251 g/mol. The van der Waals surface area contributed by atoms with Gasteiger partial charge in [-0.15, -0.1) is 0 Å². The van der Waals surface area contributed by atoms with Gasteiger partial charge in [0, 0.05) is 12.7 Å². The fourth-order valence-corrected chi connectivity index (χ4v) is 2.18. The number of ether oxygens (including phenoxy) is 1. The predicted octanol–water partition coefficient (Wildman–Crippen LogP) is -0.627. The highest BCUT2D eigenvalue weighted by Gasteiger charge is 2.47. The molecule has 1 saturated heterocycles. The van der Waals surface area contributed by atoms with E-state index < -0.39 is 32.8 Å². The van der Waals surface area contributed by atoms with Gasteiger partial charge in [-0.25, -0.2) is 13.2 Å². The number of carboxylic acid groups (broad SMARTS) is 1. The van der Waals surface area contributed by atoms with Gasteiger partial charge in [-0.05, 0) is 6.92 Å². The average Bonchev–Trinajstić information content (AvgIpc) is 2.48. The number of hydrogen-bond acceptors (Lipinski definition) is 5. The van der Waals surface area contributed by atoms with Crippen molar-refractivity contribution in [2.24, 2.45) is 0 Å². The molecule has 2 atom stereocenters. The van der Waals surface area contributed by atoms with Gasteiger partial charge in [-0.1, -0.05) is 0 Å². The maximum atomic E-state index is 11.4. The standard InChI is InChI=1S/C8H13NO6S/c1-8(6(10)11,16(2,13)14)3-5-4-9-7(12)15-5/h5H,3-4H2,1-2H3,(H,9,12)(H,10,11)/t5-,8?/m0/s1. The molecule has 0 radical (unpaired) electrons. The van der Waals surface area contributed by atoms with E-state index in [0.29, 0.717) is 0 Å². The minimum absolute atomic E-state index is 0.122. The molecule has 0 bridgehead atoms. The van der Waals surface area contributed by atoms with E-state index in [1.54, 1.807) is 0 Å². The lowest BCUT2D eigenvalue weighted by molar-refractivity contribution is -0.140. The predicted molar refractivity (Wildman–Crippen MR) is 53.8 cm³/mol. The fraction of sp³-hybridized carbons (Fsp3) is 0.750. The number of sulfone groups is 1. The first-order chi connectivity index (χ1) is 7.17. The van der Waals surface area contributed by atoms with E-state index in [4.69, 9.17) is 9.84 Å². The van der Waals surface area contributed by atoms with Crippen LogP contribution in [-0.2, 0) is 19.4 Å². The Morgan fingerprint density at radius 3 is 2.56 bits per heavy atom. The number of aliphatic carboxylic acids is 1. The van der Waals surface area contributed by atoms with Crippen LogP contribution in [0, 0.1) is 0 Å². The largest absolute Gasteiger partial charge is 0.480 e. The Balaban J connectivity index is 2.89. The summed E-state index contributed by atoms with van der Waals surface area (Å²) in [6.07, 6.45) is -0.805. The second kappa shape index (κ2) is 3.93. The zero-order valence-electron chi connectivity index (χ0n) is 8.89. The molecule has 1 heterocycles. The zero-order valence-corrected chi connectivity index (χ0v) is 9.70. The normalized spacial score (nSPS) is 24.4. The van der Waals surface area contributed by atoms with Gasteiger partial charge < -0.3 is 15.2 Å². The molecule has 1 amide bonds. The minimum atomic E-state index is -3.79. The highest BCUT2D eigenvalue weighted by molar-refractivity contribution is 7.92. The quantitative estimate of drug-likeness (QED) is 0.688. The third-order valence-electron chi connectivity index (χ3n) is 2.64. The molecule has 0 aliphatic carbocycles. The van der Waals surface area contributed by atoms with E-state index in [1.165, 1.54) is 0 Å². The van der Waals surface area contributed by atoms with Gasteiger partial charge in [0.2, 0.25) is 0 Å². The molecular weight excluding hydrogens is 238 g/mol. The van der Waals surface area contributed by atoms with Gasteiger partial charge in [0.15, 0.2) is 14.6 Å². The fourth-order valence-electron chi connectivity index (χ4n) is 1.38.